The number of furan rings is 1. The fraction of sp³-hybridized carbons (Fsp3) is 0.273. The molecule has 0 bridgehead atoms. The minimum absolute atomic E-state index is 0.0108. The predicted molar refractivity (Wildman–Crippen MR) is 106 cm³/mol. The van der Waals surface area contributed by atoms with Crippen LogP contribution in [0.1, 0.15) is 33.8 Å². The molecule has 2 aliphatic rings. The molecule has 2 aromatic heterocycles. The van der Waals surface area contributed by atoms with Crippen LogP contribution in [0.25, 0.3) is 11.0 Å². The molecule has 0 unspecified atom stereocenters. The van der Waals surface area contributed by atoms with E-state index >= 15 is 0 Å². The predicted octanol–water partition coefficient (Wildman–Crippen LogP) is 2.80. The number of carbonyl (C=O) groups is 3. The van der Waals surface area contributed by atoms with Crippen molar-refractivity contribution in [2.24, 2.45) is 0 Å². The van der Waals surface area contributed by atoms with Gasteiger partial charge in [-0.05, 0) is 23.8 Å². The van der Waals surface area contributed by atoms with E-state index in [-0.39, 0.29) is 42.1 Å². The Balaban J connectivity index is 1.54. The van der Waals surface area contributed by atoms with Crippen molar-refractivity contribution in [3.8, 4) is 5.75 Å². The number of imide groups is 1. The molecule has 3 amide bonds. The van der Waals surface area contributed by atoms with E-state index in [1.165, 1.54) is 18.1 Å². The largest absolute Gasteiger partial charge is 0.497 e. The first kappa shape index (κ1) is 21.0. The van der Waals surface area contributed by atoms with Gasteiger partial charge in [-0.1, -0.05) is 6.07 Å². The quantitative estimate of drug-likeness (QED) is 0.602. The molecule has 4 heterocycles. The monoisotopic (exact) mass is 459 g/mol. The molecule has 1 N–H and O–H groups in total. The molecule has 170 valence electrons. The van der Waals surface area contributed by atoms with Crippen LogP contribution in [0.5, 0.6) is 5.75 Å². The Kier molecular flexibility index (Phi) is 4.49. The van der Waals surface area contributed by atoms with Crippen molar-refractivity contribution in [1.82, 2.24) is 15.2 Å². The lowest BCUT2D eigenvalue weighted by Crippen LogP contribution is -2.46. The molecular formula is C22H16F3N3O5. The molecule has 8 nitrogen and oxygen atoms in total. The number of amides is 3. The van der Waals surface area contributed by atoms with E-state index in [0.29, 0.717) is 11.3 Å². The standard InChI is InChI=1S/C22H16F3N3O5/c1-32-13-3-2-11-9-28(19(30)14(11)5-13)10-21(7-18(29)27-20(21)31)17-4-12-8-26-16(22(23,24)25)6-15(12)33-17/h2-6,8H,7,9-10H2,1H3,(H,27,29,31)/t21-/m1/s1. The lowest BCUT2D eigenvalue weighted by atomic mass is 9.82. The van der Waals surface area contributed by atoms with Gasteiger partial charge in [-0.15, -0.1) is 0 Å². The number of hydrogen-bond donors (Lipinski definition) is 1. The van der Waals surface area contributed by atoms with Gasteiger partial charge in [0.25, 0.3) is 5.91 Å². The van der Waals surface area contributed by atoms with Crippen molar-refractivity contribution in [3.05, 3.63) is 59.1 Å². The number of pyridine rings is 1. The van der Waals surface area contributed by atoms with E-state index in [0.717, 1.165) is 17.8 Å². The molecule has 0 spiro atoms. The molecule has 33 heavy (non-hydrogen) atoms. The fourth-order valence-electron chi connectivity index (χ4n) is 4.29. The number of aromatic nitrogens is 1. The van der Waals surface area contributed by atoms with Crippen LogP contribution in [0, 0.1) is 0 Å². The number of ether oxygens (including phenoxy) is 1. The number of benzene rings is 1. The van der Waals surface area contributed by atoms with E-state index in [9.17, 15) is 27.6 Å². The van der Waals surface area contributed by atoms with Crippen molar-refractivity contribution in [2.75, 3.05) is 13.7 Å². The van der Waals surface area contributed by atoms with Gasteiger partial charge in [0.05, 0.1) is 13.5 Å². The minimum Gasteiger partial charge on any atom is -0.497 e. The highest BCUT2D eigenvalue weighted by Crippen LogP contribution is 2.40. The van der Waals surface area contributed by atoms with Crippen molar-refractivity contribution < 1.29 is 36.7 Å². The molecule has 1 saturated heterocycles. The maximum atomic E-state index is 13.0. The first-order chi connectivity index (χ1) is 15.6. The second-order valence-corrected chi connectivity index (χ2v) is 8.04. The summed E-state index contributed by atoms with van der Waals surface area (Å²) < 4.78 is 50.0. The smallest absolute Gasteiger partial charge is 0.433 e. The van der Waals surface area contributed by atoms with Crippen molar-refractivity contribution in [2.45, 2.75) is 24.6 Å². The summed E-state index contributed by atoms with van der Waals surface area (Å²) in [5, 5.41) is 2.46. The summed E-state index contributed by atoms with van der Waals surface area (Å²) in [6, 6.07) is 7.17. The number of hydrogen-bond acceptors (Lipinski definition) is 6. The second kappa shape index (κ2) is 7.06. The summed E-state index contributed by atoms with van der Waals surface area (Å²) in [7, 11) is 1.48. The highest BCUT2D eigenvalue weighted by atomic mass is 19.4. The summed E-state index contributed by atoms with van der Waals surface area (Å²) in [6.07, 6.45) is -3.99. The number of alkyl halides is 3. The normalized spacial score (nSPS) is 20.5. The van der Waals surface area contributed by atoms with Gasteiger partial charge in [0.15, 0.2) is 0 Å². The van der Waals surface area contributed by atoms with E-state index in [1.54, 1.807) is 18.2 Å². The van der Waals surface area contributed by atoms with Crippen LogP contribution >= 0.6 is 0 Å². The third-order valence-corrected chi connectivity index (χ3v) is 5.97. The summed E-state index contributed by atoms with van der Waals surface area (Å²) in [4.78, 5) is 42.9. The van der Waals surface area contributed by atoms with Crippen molar-refractivity contribution in [1.29, 1.82) is 0 Å². The van der Waals surface area contributed by atoms with Gasteiger partial charge in [0.2, 0.25) is 11.8 Å². The van der Waals surface area contributed by atoms with Crippen LogP contribution in [-0.2, 0) is 27.7 Å². The molecule has 2 aliphatic heterocycles. The van der Waals surface area contributed by atoms with E-state index < -0.39 is 29.1 Å². The maximum Gasteiger partial charge on any atom is 0.433 e. The topological polar surface area (TPSA) is 102 Å². The van der Waals surface area contributed by atoms with Gasteiger partial charge in [-0.25, -0.2) is 0 Å². The van der Waals surface area contributed by atoms with Crippen LogP contribution in [0.2, 0.25) is 0 Å². The number of methoxy groups -OCH3 is 1. The Hall–Kier alpha value is -3.89. The molecule has 11 heteroatoms. The number of carbonyl (C=O) groups excluding carboxylic acids is 3. The molecule has 0 aliphatic carbocycles. The molecule has 3 aromatic rings. The fourth-order valence-corrected chi connectivity index (χ4v) is 4.29. The minimum atomic E-state index is -4.67. The third kappa shape index (κ3) is 3.31. The first-order valence-corrected chi connectivity index (χ1v) is 9.88. The SMILES string of the molecule is COc1ccc2c(c1)C(=O)N(C[C@@]1(c3cc4cnc(C(F)(F)F)cc4o3)CC(=O)NC1=O)C2. The maximum absolute atomic E-state index is 13.0. The zero-order chi connectivity index (χ0) is 23.5. The molecular weight excluding hydrogens is 443 g/mol. The molecule has 5 rings (SSSR count). The Labute approximate surface area is 184 Å². The number of halogens is 3. The van der Waals surface area contributed by atoms with Crippen LogP contribution in [-0.4, -0.2) is 41.3 Å². The average molecular weight is 459 g/mol. The van der Waals surface area contributed by atoms with E-state index in [4.69, 9.17) is 9.15 Å². The van der Waals surface area contributed by atoms with E-state index in [1.807, 2.05) is 0 Å². The van der Waals surface area contributed by atoms with Gasteiger partial charge in [0, 0.05) is 36.3 Å². The average Bonchev–Trinajstić information content (AvgIpc) is 3.41. The highest BCUT2D eigenvalue weighted by molar-refractivity contribution is 6.10. The number of rotatable bonds is 4. The van der Waals surface area contributed by atoms with Crippen LogP contribution in [0.4, 0.5) is 13.2 Å². The van der Waals surface area contributed by atoms with Crippen LogP contribution in [0.15, 0.2) is 40.9 Å². The third-order valence-electron chi connectivity index (χ3n) is 5.97. The van der Waals surface area contributed by atoms with Gasteiger partial charge in [-0.3, -0.25) is 24.7 Å². The van der Waals surface area contributed by atoms with Gasteiger partial charge < -0.3 is 14.1 Å². The van der Waals surface area contributed by atoms with Gasteiger partial charge >= 0.3 is 6.18 Å². The summed E-state index contributed by atoms with van der Waals surface area (Å²) >= 11 is 0. The Morgan fingerprint density at radius 2 is 2.00 bits per heavy atom. The molecule has 1 aromatic carbocycles. The molecule has 0 radical (unpaired) electrons. The summed E-state index contributed by atoms with van der Waals surface area (Å²) in [6.45, 7) is 0.00116. The van der Waals surface area contributed by atoms with Gasteiger partial charge in [-0.2, -0.15) is 13.2 Å². The number of nitrogens with one attached hydrogen (secondary N) is 1. The van der Waals surface area contributed by atoms with E-state index in [2.05, 4.69) is 10.3 Å². The first-order valence-electron chi connectivity index (χ1n) is 9.88. The Morgan fingerprint density at radius 3 is 2.67 bits per heavy atom. The summed E-state index contributed by atoms with van der Waals surface area (Å²) in [5.74, 6) is -1.12. The zero-order valence-corrected chi connectivity index (χ0v) is 17.2. The molecule has 0 saturated carbocycles. The number of fused-ring (bicyclic) bond motifs is 2. The number of nitrogens with zero attached hydrogens (tertiary/aromatic N) is 2. The second-order valence-electron chi connectivity index (χ2n) is 8.04. The zero-order valence-electron chi connectivity index (χ0n) is 17.2. The Bertz CT molecular complexity index is 1330. The van der Waals surface area contributed by atoms with Crippen LogP contribution in [0.3, 0.4) is 0 Å². The van der Waals surface area contributed by atoms with Gasteiger partial charge in [0.1, 0.15) is 28.2 Å². The van der Waals surface area contributed by atoms with Crippen molar-refractivity contribution in [3.63, 3.8) is 0 Å². The van der Waals surface area contributed by atoms with Crippen molar-refractivity contribution >= 4 is 28.7 Å². The summed E-state index contributed by atoms with van der Waals surface area (Å²) in [5.41, 5.74) is -1.71. The highest BCUT2D eigenvalue weighted by Gasteiger charge is 2.53. The Morgan fingerprint density at radius 1 is 1.21 bits per heavy atom. The lowest BCUT2D eigenvalue weighted by Gasteiger charge is -2.28. The lowest BCUT2D eigenvalue weighted by molar-refractivity contribution is -0.141. The van der Waals surface area contributed by atoms with Crippen LogP contribution < -0.4 is 10.1 Å². The molecule has 1 atom stereocenters. The molecule has 1 fully saturated rings.